The maximum atomic E-state index is 14.7. The average Bonchev–Trinajstić information content (AvgIpc) is 3.91. The number of carbonyl (C=O) groups excluding carboxylic acids is 9. The smallest absolute Gasteiger partial charge is 0.244 e. The van der Waals surface area contributed by atoms with Gasteiger partial charge in [-0.1, -0.05) is 114 Å². The molecule has 0 aliphatic carbocycles. The molecule has 0 unspecified atom stereocenters. The second kappa shape index (κ2) is 30.0. The highest BCUT2D eigenvalue weighted by Crippen LogP contribution is 2.24. The van der Waals surface area contributed by atoms with E-state index in [1.165, 1.54) is 26.4 Å². The summed E-state index contributed by atoms with van der Waals surface area (Å²) in [5.74, 6) is -7.47. The van der Waals surface area contributed by atoms with Crippen molar-refractivity contribution < 1.29 is 43.2 Å². The van der Waals surface area contributed by atoms with Crippen LogP contribution >= 0.6 is 21.6 Å². The van der Waals surface area contributed by atoms with Crippen molar-refractivity contribution in [2.24, 2.45) is 11.5 Å². The summed E-state index contributed by atoms with van der Waals surface area (Å²) < 4.78 is 0. The minimum absolute atomic E-state index is 0.0419. The summed E-state index contributed by atoms with van der Waals surface area (Å²) in [4.78, 5) is 132. The second-order valence-corrected chi connectivity index (χ2v) is 20.8. The van der Waals surface area contributed by atoms with Gasteiger partial charge in [-0.25, -0.2) is 4.98 Å². The number of H-pyrrole nitrogens is 1. The molecule has 0 spiro atoms. The van der Waals surface area contributed by atoms with Gasteiger partial charge in [0, 0.05) is 50.4 Å². The van der Waals surface area contributed by atoms with Crippen molar-refractivity contribution in [2.45, 2.75) is 120 Å². The Labute approximate surface area is 448 Å². The molecule has 2 heterocycles. The Balaban J connectivity index is 1.56. The lowest BCUT2D eigenvalue weighted by Gasteiger charge is -2.27. The zero-order valence-electron chi connectivity index (χ0n) is 42.6. The molecule has 408 valence electrons. The molecular formula is C51H68N14O9S2. The summed E-state index contributed by atoms with van der Waals surface area (Å²) in [5.41, 5.74) is 13.1. The number of nitrogens with two attached hydrogens (primary N) is 2. The number of rotatable bonds is 17. The number of nitrogens with one attached hydrogen (secondary N) is 11. The zero-order chi connectivity index (χ0) is 55.1. The van der Waals surface area contributed by atoms with Gasteiger partial charge in [-0.15, -0.1) is 0 Å². The lowest BCUT2D eigenvalue weighted by atomic mass is 9.97. The largest absolute Gasteiger partial charge is 0.370 e. The van der Waals surface area contributed by atoms with E-state index in [2.05, 4.69) is 57.8 Å². The van der Waals surface area contributed by atoms with E-state index in [1.807, 2.05) is 37.3 Å². The first-order valence-corrected chi connectivity index (χ1v) is 27.4. The lowest BCUT2D eigenvalue weighted by Crippen LogP contribution is -2.61. The first-order valence-electron chi connectivity index (χ1n) is 24.9. The van der Waals surface area contributed by atoms with Gasteiger partial charge in [0.05, 0.1) is 12.0 Å². The summed E-state index contributed by atoms with van der Waals surface area (Å²) >= 11 is 0. The molecular weight excluding hydrogens is 1020 g/mol. The van der Waals surface area contributed by atoms with E-state index >= 15 is 0 Å². The summed E-state index contributed by atoms with van der Waals surface area (Å²) in [6, 6.07) is 11.2. The van der Waals surface area contributed by atoms with Crippen LogP contribution in [-0.2, 0) is 62.4 Å². The molecule has 1 aliphatic rings. The molecule has 1 aliphatic heterocycles. The van der Waals surface area contributed by atoms with Crippen molar-refractivity contribution >= 4 is 91.5 Å². The maximum Gasteiger partial charge on any atom is 0.244 e. The molecule has 3 aromatic carbocycles. The molecule has 15 N–H and O–H groups in total. The third-order valence-electron chi connectivity index (χ3n) is 12.2. The van der Waals surface area contributed by atoms with Gasteiger partial charge in [-0.2, -0.15) is 0 Å². The fourth-order valence-corrected chi connectivity index (χ4v) is 10.5. The maximum absolute atomic E-state index is 14.7. The number of unbranched alkanes of at least 4 members (excludes halogenated alkanes) is 1. The number of amides is 9. The Morgan fingerprint density at radius 1 is 0.724 bits per heavy atom. The fraction of sp³-hybridized carbons (Fsp3) is 0.431. The standard InChI is InChI=1S/C51H68N14O9S2/c1-4-5-19-36(59-30(3)66)45(69)65-42-27-76-75-26-41(43(52)67)64-48(72)39(23-33-17-11-16-32-15-9-10-18-35(32)33)63-46(70)37(20-12-21-56-51(53)54)60-47(71)38(22-31-13-7-6-8-14-31)62-49(73)40(24-34-25-55-28-57-34)61-44(68)29(2)58-50(42)74/h6-11,13-18,25,28-29,36-42H,4-5,12,19-24,26-27H2,1-3H3,(H2,52,67)(H,55,57)(H,58,74)(H,59,66)(H,60,71)(H,61,68)(H,62,73)(H,63,70)(H,64,72)(H,65,69)(H4,53,54,56)/t29-,36+,37+,38-,39+,40+,41+,42+/m1/s1. The number of nitrogens with zero attached hydrogens (tertiary/aromatic N) is 1. The van der Waals surface area contributed by atoms with Crippen LogP contribution < -0.4 is 59.3 Å². The highest BCUT2D eigenvalue weighted by Gasteiger charge is 2.35. The third-order valence-corrected chi connectivity index (χ3v) is 14.6. The summed E-state index contributed by atoms with van der Waals surface area (Å²) in [6.07, 6.45) is 4.27. The van der Waals surface area contributed by atoms with Crippen molar-refractivity contribution in [3.05, 3.63) is 102 Å². The SMILES string of the molecule is CCCC[C@H](NC(C)=O)C(=O)N[C@H]1CSSC[C@@H](C(N)=O)NC(=O)[C@H](Cc2cccc3ccccc23)NC(=O)[C@H](CCCNC(=N)N)NC(=O)[C@@H](Cc2ccccc2)NC(=O)[C@H](Cc2c[nH]cn2)NC(=O)[C@@H](C)NC1=O. The predicted molar refractivity (Wildman–Crippen MR) is 290 cm³/mol. The molecule has 1 saturated heterocycles. The van der Waals surface area contributed by atoms with Crippen LogP contribution in [0.4, 0.5) is 0 Å². The molecule has 4 aromatic rings. The second-order valence-electron chi connectivity index (χ2n) is 18.2. The van der Waals surface area contributed by atoms with Gasteiger partial charge in [0.25, 0.3) is 0 Å². The third kappa shape index (κ3) is 18.9. The number of carbonyl (C=O) groups is 9. The van der Waals surface area contributed by atoms with E-state index in [1.54, 1.807) is 42.5 Å². The molecule has 1 fully saturated rings. The van der Waals surface area contributed by atoms with Crippen LogP contribution in [0.25, 0.3) is 10.8 Å². The molecule has 9 amide bonds. The average molecular weight is 1090 g/mol. The van der Waals surface area contributed by atoms with Crippen LogP contribution in [0.2, 0.25) is 0 Å². The molecule has 23 nitrogen and oxygen atoms in total. The zero-order valence-corrected chi connectivity index (χ0v) is 44.2. The molecule has 0 radical (unpaired) electrons. The minimum atomic E-state index is -1.38. The van der Waals surface area contributed by atoms with Crippen LogP contribution in [-0.4, -0.2) is 135 Å². The van der Waals surface area contributed by atoms with Gasteiger partial charge in [0.2, 0.25) is 53.2 Å². The van der Waals surface area contributed by atoms with Crippen LogP contribution in [0.5, 0.6) is 0 Å². The molecule has 0 bridgehead atoms. The van der Waals surface area contributed by atoms with Crippen molar-refractivity contribution in [3.63, 3.8) is 0 Å². The number of aromatic amines is 1. The number of imidazole rings is 1. The first-order chi connectivity index (χ1) is 36.4. The lowest BCUT2D eigenvalue weighted by molar-refractivity contribution is -0.135. The number of benzene rings is 3. The predicted octanol–water partition coefficient (Wildman–Crippen LogP) is -0.157. The van der Waals surface area contributed by atoms with Gasteiger partial charge in [-0.05, 0) is 48.1 Å². The molecule has 1 aromatic heterocycles. The van der Waals surface area contributed by atoms with E-state index in [-0.39, 0.29) is 62.5 Å². The first kappa shape index (κ1) is 59.2. The van der Waals surface area contributed by atoms with Crippen LogP contribution in [0.3, 0.4) is 0 Å². The van der Waals surface area contributed by atoms with Crippen LogP contribution in [0, 0.1) is 5.41 Å². The number of guanidine groups is 1. The van der Waals surface area contributed by atoms with Gasteiger partial charge >= 0.3 is 0 Å². The van der Waals surface area contributed by atoms with Gasteiger partial charge in [-0.3, -0.25) is 48.6 Å². The van der Waals surface area contributed by atoms with Crippen LogP contribution in [0.15, 0.2) is 85.3 Å². The Morgan fingerprint density at radius 3 is 2.01 bits per heavy atom. The molecule has 8 atom stereocenters. The molecule has 76 heavy (non-hydrogen) atoms. The number of hydrogen-bond donors (Lipinski definition) is 13. The van der Waals surface area contributed by atoms with E-state index in [9.17, 15) is 43.2 Å². The van der Waals surface area contributed by atoms with Crippen LogP contribution in [0.1, 0.15) is 69.7 Å². The number of aromatic nitrogens is 2. The number of hydrogen-bond acceptors (Lipinski definition) is 13. The molecule has 0 saturated carbocycles. The number of primary amides is 1. The van der Waals surface area contributed by atoms with Crippen molar-refractivity contribution in [2.75, 3.05) is 18.1 Å². The molecule has 5 rings (SSSR count). The van der Waals surface area contributed by atoms with Crippen molar-refractivity contribution in [3.8, 4) is 0 Å². The summed E-state index contributed by atoms with van der Waals surface area (Å²) in [6.45, 7) is 4.68. The quantitative estimate of drug-likeness (QED) is 0.0283. The van der Waals surface area contributed by atoms with Gasteiger partial charge in [0.15, 0.2) is 5.96 Å². The highest BCUT2D eigenvalue weighted by atomic mass is 33.1. The van der Waals surface area contributed by atoms with E-state index in [0.29, 0.717) is 29.7 Å². The highest BCUT2D eigenvalue weighted by molar-refractivity contribution is 8.76. The van der Waals surface area contributed by atoms with E-state index in [0.717, 1.165) is 32.4 Å². The summed E-state index contributed by atoms with van der Waals surface area (Å²) in [5, 5.41) is 33.6. The number of fused-ring (bicyclic) bond motifs is 1. The van der Waals surface area contributed by atoms with Gasteiger partial charge in [0.1, 0.15) is 48.3 Å². The Bertz CT molecular complexity index is 2660. The summed E-state index contributed by atoms with van der Waals surface area (Å²) in [7, 11) is 2.09. The Morgan fingerprint density at radius 2 is 1.34 bits per heavy atom. The normalized spacial score (nSPS) is 22.0. The Hall–Kier alpha value is -7.67. The monoisotopic (exact) mass is 1080 g/mol. The fourth-order valence-electron chi connectivity index (χ4n) is 8.15. The van der Waals surface area contributed by atoms with Crippen molar-refractivity contribution in [1.82, 2.24) is 57.8 Å². The van der Waals surface area contributed by atoms with E-state index in [4.69, 9.17) is 16.9 Å². The van der Waals surface area contributed by atoms with Crippen molar-refractivity contribution in [1.29, 1.82) is 5.41 Å². The molecule has 25 heteroatoms. The van der Waals surface area contributed by atoms with Gasteiger partial charge < -0.3 is 64.3 Å². The Kier molecular flexibility index (Phi) is 23.4. The topological polar surface area (TPSA) is 366 Å². The minimum Gasteiger partial charge on any atom is -0.370 e. The van der Waals surface area contributed by atoms with E-state index < -0.39 is 101 Å².